The lowest BCUT2D eigenvalue weighted by molar-refractivity contribution is 0.627. The molecule has 0 saturated carbocycles. The lowest BCUT2D eigenvalue weighted by Gasteiger charge is -2.14. The van der Waals surface area contributed by atoms with Crippen LogP contribution in [0.5, 0.6) is 0 Å². The van der Waals surface area contributed by atoms with Gasteiger partial charge < -0.3 is 5.73 Å². The fourth-order valence-electron chi connectivity index (χ4n) is 1.99. The molecule has 2 rings (SSSR count). The maximum Gasteiger partial charge on any atom is 0.141 e. The van der Waals surface area contributed by atoms with E-state index >= 15 is 0 Å². The van der Waals surface area contributed by atoms with Crippen molar-refractivity contribution in [3.63, 3.8) is 0 Å². The van der Waals surface area contributed by atoms with E-state index in [2.05, 4.69) is 26.0 Å². The quantitative estimate of drug-likeness (QED) is 0.868. The lowest BCUT2D eigenvalue weighted by Crippen LogP contribution is -2.12. The second-order valence-electron chi connectivity index (χ2n) is 4.97. The fraction of sp³-hybridized carbons (Fsp3) is 0.250. The predicted octanol–water partition coefficient (Wildman–Crippen LogP) is 4.65. The molecule has 0 heterocycles. The van der Waals surface area contributed by atoms with Gasteiger partial charge in [-0.2, -0.15) is 0 Å². The molecule has 100 valence electrons. The number of hydrogen-bond donors (Lipinski definition) is 1. The monoisotopic (exact) mass is 277 g/mol. The number of halogens is 2. The average Bonchev–Trinajstić information content (AvgIpc) is 2.41. The highest BCUT2D eigenvalue weighted by Crippen LogP contribution is 2.25. The van der Waals surface area contributed by atoms with Crippen LogP contribution in [0.25, 0.3) is 0 Å². The average molecular weight is 278 g/mol. The van der Waals surface area contributed by atoms with Crippen LogP contribution in [-0.2, 0) is 0 Å². The highest BCUT2D eigenvalue weighted by molar-refractivity contribution is 6.30. The van der Waals surface area contributed by atoms with Crippen molar-refractivity contribution in [3.05, 3.63) is 70.0 Å². The van der Waals surface area contributed by atoms with Crippen LogP contribution in [0.3, 0.4) is 0 Å². The highest BCUT2D eigenvalue weighted by atomic mass is 35.5. The van der Waals surface area contributed by atoms with Crippen LogP contribution in [0.1, 0.15) is 42.5 Å². The van der Waals surface area contributed by atoms with E-state index < -0.39 is 5.82 Å². The van der Waals surface area contributed by atoms with Crippen LogP contribution in [-0.4, -0.2) is 0 Å². The first-order valence-electron chi connectivity index (χ1n) is 6.29. The molecular formula is C16H17ClFN. The van der Waals surface area contributed by atoms with Crippen molar-refractivity contribution in [1.29, 1.82) is 0 Å². The Kier molecular flexibility index (Phi) is 4.23. The van der Waals surface area contributed by atoms with E-state index in [1.165, 1.54) is 11.6 Å². The van der Waals surface area contributed by atoms with E-state index in [9.17, 15) is 4.39 Å². The van der Waals surface area contributed by atoms with Crippen molar-refractivity contribution in [2.75, 3.05) is 0 Å². The molecule has 1 nitrogen and oxygen atoms in total. The summed E-state index contributed by atoms with van der Waals surface area (Å²) in [6, 6.07) is 12.5. The Labute approximate surface area is 118 Å². The Bertz CT molecular complexity index is 563. The van der Waals surface area contributed by atoms with Crippen molar-refractivity contribution < 1.29 is 4.39 Å². The van der Waals surface area contributed by atoms with E-state index in [0.717, 1.165) is 11.1 Å². The van der Waals surface area contributed by atoms with Gasteiger partial charge in [0, 0.05) is 0 Å². The molecule has 2 aromatic carbocycles. The molecule has 19 heavy (non-hydrogen) atoms. The second kappa shape index (κ2) is 5.72. The first kappa shape index (κ1) is 14.0. The third-order valence-electron chi connectivity index (χ3n) is 3.27. The maximum absolute atomic E-state index is 13.1. The minimum Gasteiger partial charge on any atom is -0.320 e. The molecule has 0 amide bonds. The Morgan fingerprint density at radius 1 is 0.947 bits per heavy atom. The fourth-order valence-corrected chi connectivity index (χ4v) is 2.18. The van der Waals surface area contributed by atoms with Gasteiger partial charge in [0.2, 0.25) is 0 Å². The molecule has 3 heteroatoms. The zero-order valence-corrected chi connectivity index (χ0v) is 11.8. The predicted molar refractivity (Wildman–Crippen MR) is 78.0 cm³/mol. The summed E-state index contributed by atoms with van der Waals surface area (Å²) in [6.07, 6.45) is 0. The summed E-state index contributed by atoms with van der Waals surface area (Å²) in [4.78, 5) is 0. The van der Waals surface area contributed by atoms with E-state index in [1.54, 1.807) is 12.1 Å². The Morgan fingerprint density at radius 2 is 1.47 bits per heavy atom. The van der Waals surface area contributed by atoms with Crippen molar-refractivity contribution in [3.8, 4) is 0 Å². The zero-order valence-electron chi connectivity index (χ0n) is 11.0. The molecule has 2 N–H and O–H groups in total. The Balaban J connectivity index is 2.27. The summed E-state index contributed by atoms with van der Waals surface area (Å²) in [5, 5.41) is 0.103. The van der Waals surface area contributed by atoms with E-state index in [1.807, 2.05) is 12.1 Å². The SMILES string of the molecule is CC(C)c1ccc(C(N)c2ccc(F)c(Cl)c2)cc1. The minimum absolute atomic E-state index is 0.103. The van der Waals surface area contributed by atoms with E-state index in [-0.39, 0.29) is 11.1 Å². The van der Waals surface area contributed by atoms with Gasteiger partial charge in [-0.25, -0.2) is 4.39 Å². The van der Waals surface area contributed by atoms with Crippen molar-refractivity contribution in [2.24, 2.45) is 5.73 Å². The van der Waals surface area contributed by atoms with Crippen LogP contribution in [0, 0.1) is 5.82 Å². The summed E-state index contributed by atoms with van der Waals surface area (Å²) in [5.41, 5.74) is 9.25. The molecule has 0 fully saturated rings. The van der Waals surface area contributed by atoms with Crippen LogP contribution in [0.2, 0.25) is 5.02 Å². The molecule has 0 aromatic heterocycles. The van der Waals surface area contributed by atoms with Gasteiger partial charge in [0.15, 0.2) is 0 Å². The summed E-state index contributed by atoms with van der Waals surface area (Å²) in [5.74, 6) is 0.0679. The molecule has 0 spiro atoms. The Hall–Kier alpha value is -1.38. The van der Waals surface area contributed by atoms with Crippen LogP contribution in [0.15, 0.2) is 42.5 Å². The van der Waals surface area contributed by atoms with Crippen molar-refractivity contribution >= 4 is 11.6 Å². The first-order valence-corrected chi connectivity index (χ1v) is 6.67. The maximum atomic E-state index is 13.1. The second-order valence-corrected chi connectivity index (χ2v) is 5.38. The standard InChI is InChI=1S/C16H17ClFN/c1-10(2)11-3-5-12(6-4-11)16(19)13-7-8-15(18)14(17)9-13/h3-10,16H,19H2,1-2H3. The number of benzene rings is 2. The zero-order chi connectivity index (χ0) is 14.0. The van der Waals surface area contributed by atoms with Gasteiger partial charge in [-0.05, 0) is 34.7 Å². The molecule has 0 bridgehead atoms. The normalized spacial score (nSPS) is 12.7. The largest absolute Gasteiger partial charge is 0.320 e. The molecule has 0 saturated heterocycles. The smallest absolute Gasteiger partial charge is 0.141 e. The van der Waals surface area contributed by atoms with Gasteiger partial charge in [-0.1, -0.05) is 55.8 Å². The molecule has 1 atom stereocenters. The van der Waals surface area contributed by atoms with Gasteiger partial charge in [0.25, 0.3) is 0 Å². The van der Waals surface area contributed by atoms with Gasteiger partial charge in [0.1, 0.15) is 5.82 Å². The van der Waals surface area contributed by atoms with Crippen molar-refractivity contribution in [1.82, 2.24) is 0 Å². The molecule has 0 aliphatic carbocycles. The van der Waals surface area contributed by atoms with Gasteiger partial charge in [-0.3, -0.25) is 0 Å². The van der Waals surface area contributed by atoms with Crippen LogP contribution < -0.4 is 5.73 Å². The third kappa shape index (κ3) is 3.14. The lowest BCUT2D eigenvalue weighted by atomic mass is 9.96. The van der Waals surface area contributed by atoms with Crippen LogP contribution >= 0.6 is 11.6 Å². The molecule has 0 aliphatic rings. The molecule has 0 aliphatic heterocycles. The summed E-state index contributed by atoms with van der Waals surface area (Å²) in [7, 11) is 0. The molecule has 1 unspecified atom stereocenters. The number of rotatable bonds is 3. The van der Waals surface area contributed by atoms with Gasteiger partial charge in [0.05, 0.1) is 11.1 Å². The summed E-state index contributed by atoms with van der Waals surface area (Å²) >= 11 is 5.78. The highest BCUT2D eigenvalue weighted by Gasteiger charge is 2.11. The number of hydrogen-bond acceptors (Lipinski definition) is 1. The van der Waals surface area contributed by atoms with E-state index in [4.69, 9.17) is 17.3 Å². The van der Waals surface area contributed by atoms with E-state index in [0.29, 0.717) is 5.92 Å². The summed E-state index contributed by atoms with van der Waals surface area (Å²) < 4.78 is 13.1. The first-order chi connectivity index (χ1) is 8.99. The molecule has 2 aromatic rings. The van der Waals surface area contributed by atoms with Crippen molar-refractivity contribution in [2.45, 2.75) is 25.8 Å². The van der Waals surface area contributed by atoms with Crippen LogP contribution in [0.4, 0.5) is 4.39 Å². The number of nitrogens with two attached hydrogens (primary N) is 1. The van der Waals surface area contributed by atoms with Gasteiger partial charge >= 0.3 is 0 Å². The Morgan fingerprint density at radius 3 is 2.00 bits per heavy atom. The summed E-state index contributed by atoms with van der Waals surface area (Å²) in [6.45, 7) is 4.30. The van der Waals surface area contributed by atoms with Gasteiger partial charge in [-0.15, -0.1) is 0 Å². The topological polar surface area (TPSA) is 26.0 Å². The minimum atomic E-state index is -0.423. The molecule has 0 radical (unpaired) electrons. The third-order valence-corrected chi connectivity index (χ3v) is 3.55. The molecular weight excluding hydrogens is 261 g/mol.